The molecule has 3 aromatic rings. The number of hydrogen-bond donors (Lipinski definition) is 2. The van der Waals surface area contributed by atoms with Gasteiger partial charge in [-0.15, -0.1) is 0 Å². The minimum absolute atomic E-state index is 0.253. The molecule has 0 amide bonds. The van der Waals surface area contributed by atoms with Crippen molar-refractivity contribution in [2.45, 2.75) is 13.5 Å². The van der Waals surface area contributed by atoms with E-state index in [9.17, 15) is 5.11 Å². The van der Waals surface area contributed by atoms with Crippen molar-refractivity contribution < 1.29 is 9.52 Å². The van der Waals surface area contributed by atoms with E-state index < -0.39 is 0 Å². The maximum absolute atomic E-state index is 9.20. The van der Waals surface area contributed by atoms with Gasteiger partial charge in [-0.3, -0.25) is 0 Å². The molecule has 0 radical (unpaired) electrons. The molecule has 0 saturated carbocycles. The number of nitrogens with one attached hydrogen (secondary N) is 1. The Labute approximate surface area is 110 Å². The predicted octanol–water partition coefficient (Wildman–Crippen LogP) is 3.45. The molecule has 0 atom stereocenters. The number of rotatable bonds is 3. The summed E-state index contributed by atoms with van der Waals surface area (Å²) in [6.45, 7) is 2.54. The standard InChI is InChI=1S/C15H14N2O2/c1-10-2-7-14-13(8-10)17-15(19-14)9-16-11-3-5-12(18)6-4-11/h2-8,16,18H,9H2,1H3. The number of benzene rings is 2. The highest BCUT2D eigenvalue weighted by molar-refractivity contribution is 5.73. The summed E-state index contributed by atoms with van der Waals surface area (Å²) in [5, 5.41) is 12.4. The van der Waals surface area contributed by atoms with E-state index in [4.69, 9.17) is 4.42 Å². The van der Waals surface area contributed by atoms with E-state index >= 15 is 0 Å². The molecule has 0 aliphatic carbocycles. The summed E-state index contributed by atoms with van der Waals surface area (Å²) in [6.07, 6.45) is 0. The first-order chi connectivity index (χ1) is 9.20. The molecule has 19 heavy (non-hydrogen) atoms. The molecule has 3 rings (SSSR count). The summed E-state index contributed by atoms with van der Waals surface area (Å²) in [4.78, 5) is 4.43. The first-order valence-electron chi connectivity index (χ1n) is 6.10. The highest BCUT2D eigenvalue weighted by Gasteiger charge is 2.05. The van der Waals surface area contributed by atoms with Gasteiger partial charge in [-0.05, 0) is 48.9 Å². The van der Waals surface area contributed by atoms with Gasteiger partial charge in [0.1, 0.15) is 11.3 Å². The van der Waals surface area contributed by atoms with Crippen molar-refractivity contribution in [3.63, 3.8) is 0 Å². The molecule has 0 fully saturated rings. The third-order valence-corrected chi connectivity index (χ3v) is 2.90. The lowest BCUT2D eigenvalue weighted by Gasteiger charge is -2.02. The van der Waals surface area contributed by atoms with E-state index in [2.05, 4.69) is 10.3 Å². The van der Waals surface area contributed by atoms with Crippen molar-refractivity contribution in [3.05, 3.63) is 53.9 Å². The Kier molecular flexibility index (Phi) is 2.83. The largest absolute Gasteiger partial charge is 0.508 e. The van der Waals surface area contributed by atoms with Gasteiger partial charge in [-0.25, -0.2) is 4.98 Å². The van der Waals surface area contributed by atoms with Gasteiger partial charge in [0.25, 0.3) is 0 Å². The Hall–Kier alpha value is -2.49. The maximum Gasteiger partial charge on any atom is 0.214 e. The molecule has 4 heteroatoms. The Morgan fingerprint density at radius 2 is 1.95 bits per heavy atom. The minimum atomic E-state index is 0.253. The van der Waals surface area contributed by atoms with E-state index in [0.717, 1.165) is 16.8 Å². The molecule has 4 nitrogen and oxygen atoms in total. The number of aryl methyl sites for hydroxylation is 1. The monoisotopic (exact) mass is 254 g/mol. The number of nitrogens with zero attached hydrogens (tertiary/aromatic N) is 1. The van der Waals surface area contributed by atoms with Crippen LogP contribution in [0, 0.1) is 6.92 Å². The zero-order valence-electron chi connectivity index (χ0n) is 10.6. The number of phenols is 1. The van der Waals surface area contributed by atoms with Crippen molar-refractivity contribution in [3.8, 4) is 5.75 Å². The summed E-state index contributed by atoms with van der Waals surface area (Å²) in [5.41, 5.74) is 3.76. The van der Waals surface area contributed by atoms with Gasteiger partial charge in [-0.2, -0.15) is 0 Å². The van der Waals surface area contributed by atoms with Crippen LogP contribution in [0.4, 0.5) is 5.69 Å². The van der Waals surface area contributed by atoms with Gasteiger partial charge in [0, 0.05) is 5.69 Å². The second-order valence-electron chi connectivity index (χ2n) is 4.48. The lowest BCUT2D eigenvalue weighted by atomic mass is 10.2. The highest BCUT2D eigenvalue weighted by Crippen LogP contribution is 2.18. The molecule has 2 aromatic carbocycles. The fourth-order valence-electron chi connectivity index (χ4n) is 1.92. The molecule has 0 aliphatic rings. The summed E-state index contributed by atoms with van der Waals surface area (Å²) >= 11 is 0. The third-order valence-electron chi connectivity index (χ3n) is 2.90. The first-order valence-corrected chi connectivity index (χ1v) is 6.10. The number of anilines is 1. The van der Waals surface area contributed by atoms with E-state index in [1.54, 1.807) is 12.1 Å². The van der Waals surface area contributed by atoms with Gasteiger partial charge in [0.15, 0.2) is 5.58 Å². The molecule has 0 unspecified atom stereocenters. The number of phenolic OH excluding ortho intramolecular Hbond substituents is 1. The number of aromatic hydroxyl groups is 1. The Bertz CT molecular complexity index is 702. The van der Waals surface area contributed by atoms with Crippen LogP contribution in [0.5, 0.6) is 5.75 Å². The fraction of sp³-hybridized carbons (Fsp3) is 0.133. The van der Waals surface area contributed by atoms with Gasteiger partial charge in [0.2, 0.25) is 5.89 Å². The number of aromatic nitrogens is 1. The molecule has 0 spiro atoms. The van der Waals surface area contributed by atoms with E-state index in [1.807, 2.05) is 37.3 Å². The Morgan fingerprint density at radius 3 is 2.74 bits per heavy atom. The third kappa shape index (κ3) is 2.52. The number of oxazole rings is 1. The highest BCUT2D eigenvalue weighted by atomic mass is 16.3. The van der Waals surface area contributed by atoms with Crippen LogP contribution in [-0.2, 0) is 6.54 Å². The number of fused-ring (bicyclic) bond motifs is 1. The Balaban J connectivity index is 1.76. The van der Waals surface area contributed by atoms with Crippen molar-refractivity contribution in [1.29, 1.82) is 0 Å². The van der Waals surface area contributed by atoms with Gasteiger partial charge < -0.3 is 14.8 Å². The molecule has 96 valence electrons. The van der Waals surface area contributed by atoms with Crippen LogP contribution in [0.15, 0.2) is 46.9 Å². The van der Waals surface area contributed by atoms with Gasteiger partial charge in [-0.1, -0.05) is 6.07 Å². The average molecular weight is 254 g/mol. The first kappa shape index (κ1) is 11.6. The van der Waals surface area contributed by atoms with Crippen molar-refractivity contribution in [2.75, 3.05) is 5.32 Å². The predicted molar refractivity (Wildman–Crippen MR) is 74.2 cm³/mol. The average Bonchev–Trinajstić information content (AvgIpc) is 2.80. The fourth-order valence-corrected chi connectivity index (χ4v) is 1.92. The lowest BCUT2D eigenvalue weighted by molar-refractivity contribution is 0.475. The Morgan fingerprint density at radius 1 is 1.16 bits per heavy atom. The zero-order valence-corrected chi connectivity index (χ0v) is 10.6. The van der Waals surface area contributed by atoms with E-state index in [1.165, 1.54) is 5.56 Å². The molecule has 1 heterocycles. The molecule has 0 aliphatic heterocycles. The lowest BCUT2D eigenvalue weighted by Crippen LogP contribution is -1.98. The number of hydrogen-bond acceptors (Lipinski definition) is 4. The maximum atomic E-state index is 9.20. The summed E-state index contributed by atoms with van der Waals surface area (Å²) < 4.78 is 5.65. The SMILES string of the molecule is Cc1ccc2oc(CNc3ccc(O)cc3)nc2c1. The van der Waals surface area contributed by atoms with Crippen LogP contribution in [0.3, 0.4) is 0 Å². The van der Waals surface area contributed by atoms with Crippen molar-refractivity contribution in [2.24, 2.45) is 0 Å². The zero-order chi connectivity index (χ0) is 13.2. The second kappa shape index (κ2) is 4.65. The molecular formula is C15H14N2O2. The molecule has 1 aromatic heterocycles. The van der Waals surface area contributed by atoms with Crippen LogP contribution in [0.1, 0.15) is 11.5 Å². The van der Waals surface area contributed by atoms with Gasteiger partial charge >= 0.3 is 0 Å². The molecule has 0 bridgehead atoms. The van der Waals surface area contributed by atoms with Crippen LogP contribution in [0.2, 0.25) is 0 Å². The quantitative estimate of drug-likeness (QED) is 0.703. The normalized spacial score (nSPS) is 10.8. The van der Waals surface area contributed by atoms with Crippen LogP contribution < -0.4 is 5.32 Å². The summed E-state index contributed by atoms with van der Waals surface area (Å²) in [6, 6.07) is 12.8. The smallest absolute Gasteiger partial charge is 0.214 e. The topological polar surface area (TPSA) is 58.3 Å². The summed E-state index contributed by atoms with van der Waals surface area (Å²) in [5.74, 6) is 0.900. The van der Waals surface area contributed by atoms with Crippen LogP contribution >= 0.6 is 0 Å². The summed E-state index contributed by atoms with van der Waals surface area (Å²) in [7, 11) is 0. The van der Waals surface area contributed by atoms with Crippen LogP contribution in [0.25, 0.3) is 11.1 Å². The van der Waals surface area contributed by atoms with Crippen LogP contribution in [-0.4, -0.2) is 10.1 Å². The molecular weight excluding hydrogens is 240 g/mol. The van der Waals surface area contributed by atoms with E-state index in [0.29, 0.717) is 12.4 Å². The molecule has 2 N–H and O–H groups in total. The minimum Gasteiger partial charge on any atom is -0.508 e. The van der Waals surface area contributed by atoms with E-state index in [-0.39, 0.29) is 5.75 Å². The van der Waals surface area contributed by atoms with Gasteiger partial charge in [0.05, 0.1) is 6.54 Å². The van der Waals surface area contributed by atoms with Crippen molar-refractivity contribution in [1.82, 2.24) is 4.98 Å². The van der Waals surface area contributed by atoms with Crippen molar-refractivity contribution >= 4 is 16.8 Å². The molecule has 0 saturated heterocycles. The second-order valence-corrected chi connectivity index (χ2v) is 4.48.